The van der Waals surface area contributed by atoms with E-state index in [4.69, 9.17) is 9.41 Å². The molecular formula is C24H17NO4S. The van der Waals surface area contributed by atoms with Gasteiger partial charge in [0.15, 0.2) is 0 Å². The number of para-hydroxylation sites is 2. The van der Waals surface area contributed by atoms with Crippen LogP contribution in [0.1, 0.15) is 22.8 Å². The molecule has 0 spiro atoms. The Morgan fingerprint density at radius 3 is 2.50 bits per heavy atom. The fraction of sp³-hybridized carbons (Fsp3) is 0.0833. The van der Waals surface area contributed by atoms with Crippen molar-refractivity contribution in [1.82, 2.24) is 0 Å². The summed E-state index contributed by atoms with van der Waals surface area (Å²) >= 11 is 1.59. The van der Waals surface area contributed by atoms with Crippen molar-refractivity contribution in [2.24, 2.45) is 4.99 Å². The average Bonchev–Trinajstić information content (AvgIpc) is 2.92. The Labute approximate surface area is 176 Å². The summed E-state index contributed by atoms with van der Waals surface area (Å²) in [6.45, 7) is 0. The summed E-state index contributed by atoms with van der Waals surface area (Å²) in [6, 6.07) is 21.5. The van der Waals surface area contributed by atoms with Crippen molar-refractivity contribution in [1.29, 1.82) is 0 Å². The molecule has 3 aromatic carbocycles. The van der Waals surface area contributed by atoms with Gasteiger partial charge in [0.25, 0.3) is 0 Å². The quantitative estimate of drug-likeness (QED) is 0.419. The van der Waals surface area contributed by atoms with E-state index in [0.29, 0.717) is 23.3 Å². The van der Waals surface area contributed by atoms with Crippen LogP contribution in [0.3, 0.4) is 0 Å². The van der Waals surface area contributed by atoms with Crippen LogP contribution >= 0.6 is 11.8 Å². The molecule has 1 aliphatic heterocycles. The fourth-order valence-corrected chi connectivity index (χ4v) is 4.85. The molecule has 1 aliphatic rings. The van der Waals surface area contributed by atoms with E-state index in [1.807, 2.05) is 48.5 Å². The minimum atomic E-state index is -0.436. The predicted octanol–water partition coefficient (Wildman–Crippen LogP) is 5.56. The molecule has 0 amide bonds. The third-order valence-corrected chi connectivity index (χ3v) is 6.34. The van der Waals surface area contributed by atoms with Crippen molar-refractivity contribution < 1.29 is 14.6 Å². The number of thioether (sulfide) groups is 1. The van der Waals surface area contributed by atoms with Gasteiger partial charge in [-0.25, -0.2) is 4.79 Å². The summed E-state index contributed by atoms with van der Waals surface area (Å²) in [5.41, 5.74) is 2.66. The number of nitrogens with zero attached hydrogens (tertiary/aromatic N) is 1. The molecule has 5 rings (SSSR count). The van der Waals surface area contributed by atoms with E-state index >= 15 is 0 Å². The summed E-state index contributed by atoms with van der Waals surface area (Å²) in [6.07, 6.45) is 0.436. The van der Waals surface area contributed by atoms with Crippen LogP contribution in [0.25, 0.3) is 11.0 Å². The highest BCUT2D eigenvalue weighted by Crippen LogP contribution is 2.46. The Hall–Kier alpha value is -3.51. The van der Waals surface area contributed by atoms with Gasteiger partial charge in [-0.3, -0.25) is 4.99 Å². The van der Waals surface area contributed by atoms with Crippen LogP contribution in [0.4, 0.5) is 5.69 Å². The Balaban J connectivity index is 1.68. The van der Waals surface area contributed by atoms with Crippen molar-refractivity contribution in [3.8, 4) is 11.5 Å². The standard InChI is InChI=1S/C24H17NO4S/c26-16-9-15(10-17(27)12-16)23-13-20(25-19-6-2-4-8-22(19)30-23)18-11-14-5-1-3-7-21(14)29-24(18)28/h1-12,23,26-27H,13H2/t23-/m0/s1. The molecule has 30 heavy (non-hydrogen) atoms. The molecule has 0 aliphatic carbocycles. The Kier molecular flexibility index (Phi) is 4.56. The number of rotatable bonds is 2. The minimum Gasteiger partial charge on any atom is -0.508 e. The molecule has 1 aromatic heterocycles. The number of hydrogen-bond donors (Lipinski definition) is 2. The second-order valence-electron chi connectivity index (χ2n) is 7.10. The van der Waals surface area contributed by atoms with Crippen molar-refractivity contribution in [2.45, 2.75) is 16.6 Å². The average molecular weight is 415 g/mol. The second-order valence-corrected chi connectivity index (χ2v) is 8.35. The molecular weight excluding hydrogens is 398 g/mol. The lowest BCUT2D eigenvalue weighted by atomic mass is 10.0. The highest BCUT2D eigenvalue weighted by molar-refractivity contribution is 7.99. The molecule has 6 heteroatoms. The lowest BCUT2D eigenvalue weighted by Crippen LogP contribution is -2.16. The molecule has 0 bridgehead atoms. The summed E-state index contributed by atoms with van der Waals surface area (Å²) < 4.78 is 5.53. The van der Waals surface area contributed by atoms with E-state index in [9.17, 15) is 15.0 Å². The largest absolute Gasteiger partial charge is 0.508 e. The van der Waals surface area contributed by atoms with Crippen molar-refractivity contribution in [2.75, 3.05) is 0 Å². The zero-order valence-corrected chi connectivity index (χ0v) is 16.6. The number of phenolic OH excluding ortho intramolecular Hbond substituents is 2. The van der Waals surface area contributed by atoms with Crippen molar-refractivity contribution >= 4 is 34.1 Å². The van der Waals surface area contributed by atoms with Crippen molar-refractivity contribution in [3.05, 3.63) is 94.3 Å². The zero-order valence-electron chi connectivity index (χ0n) is 15.8. The normalized spacial score (nSPS) is 16.0. The Morgan fingerprint density at radius 1 is 0.933 bits per heavy atom. The van der Waals surface area contributed by atoms with Gasteiger partial charge >= 0.3 is 5.63 Å². The molecule has 4 aromatic rings. The molecule has 1 atom stereocenters. The van der Waals surface area contributed by atoms with Crippen LogP contribution in [-0.2, 0) is 0 Å². The van der Waals surface area contributed by atoms with Crippen LogP contribution in [-0.4, -0.2) is 15.9 Å². The van der Waals surface area contributed by atoms with Gasteiger partial charge < -0.3 is 14.6 Å². The topological polar surface area (TPSA) is 83.0 Å². The maximum absolute atomic E-state index is 12.8. The van der Waals surface area contributed by atoms with E-state index in [0.717, 1.165) is 21.5 Å². The SMILES string of the molecule is O=c1oc2ccccc2cc1C1=Nc2ccccc2S[C@H](c2cc(O)cc(O)c2)C1. The number of aromatic hydroxyl groups is 2. The first-order valence-electron chi connectivity index (χ1n) is 9.46. The van der Waals surface area contributed by atoms with E-state index in [2.05, 4.69) is 0 Å². The minimum absolute atomic E-state index is 0.00756. The van der Waals surface area contributed by atoms with Crippen LogP contribution in [0, 0.1) is 0 Å². The zero-order chi connectivity index (χ0) is 20.7. The molecule has 0 saturated heterocycles. The maximum atomic E-state index is 12.8. The van der Waals surface area contributed by atoms with E-state index in [-0.39, 0.29) is 16.7 Å². The van der Waals surface area contributed by atoms with Crippen LogP contribution in [0.15, 0.2) is 91.9 Å². The van der Waals surface area contributed by atoms with E-state index in [1.165, 1.54) is 6.07 Å². The lowest BCUT2D eigenvalue weighted by Gasteiger charge is -2.16. The lowest BCUT2D eigenvalue weighted by molar-refractivity contribution is 0.449. The Morgan fingerprint density at radius 2 is 1.67 bits per heavy atom. The van der Waals surface area contributed by atoms with E-state index < -0.39 is 5.63 Å². The van der Waals surface area contributed by atoms with Gasteiger partial charge in [0, 0.05) is 28.0 Å². The first-order chi connectivity index (χ1) is 14.6. The first kappa shape index (κ1) is 18.5. The summed E-state index contributed by atoms with van der Waals surface area (Å²) in [5, 5.41) is 20.6. The number of benzene rings is 3. The van der Waals surface area contributed by atoms with Gasteiger partial charge in [-0.05, 0) is 42.0 Å². The van der Waals surface area contributed by atoms with Crippen LogP contribution in [0.5, 0.6) is 11.5 Å². The van der Waals surface area contributed by atoms with Gasteiger partial charge in [-0.15, -0.1) is 11.8 Å². The van der Waals surface area contributed by atoms with Crippen LogP contribution in [0.2, 0.25) is 0 Å². The fourth-order valence-electron chi connectivity index (χ4n) is 3.63. The third kappa shape index (κ3) is 3.46. The first-order valence-corrected chi connectivity index (χ1v) is 10.3. The Bertz CT molecular complexity index is 1340. The number of aliphatic imine (C=N–C) groups is 1. The molecule has 0 radical (unpaired) electrons. The highest BCUT2D eigenvalue weighted by Gasteiger charge is 2.25. The molecule has 0 unspecified atom stereocenters. The van der Waals surface area contributed by atoms with E-state index in [1.54, 1.807) is 30.0 Å². The molecule has 0 saturated carbocycles. The number of fused-ring (bicyclic) bond motifs is 2. The number of phenols is 2. The van der Waals surface area contributed by atoms with Crippen LogP contribution < -0.4 is 5.63 Å². The summed E-state index contributed by atoms with van der Waals surface area (Å²) in [5.74, 6) is -0.0151. The second kappa shape index (κ2) is 7.39. The van der Waals surface area contributed by atoms with Crippen molar-refractivity contribution in [3.63, 3.8) is 0 Å². The molecule has 0 fully saturated rings. The molecule has 2 N–H and O–H groups in total. The molecule has 2 heterocycles. The van der Waals surface area contributed by atoms with Gasteiger partial charge in [0.05, 0.1) is 17.0 Å². The highest BCUT2D eigenvalue weighted by atomic mass is 32.2. The maximum Gasteiger partial charge on any atom is 0.345 e. The third-order valence-electron chi connectivity index (χ3n) is 5.02. The van der Waals surface area contributed by atoms with Gasteiger partial charge in [-0.1, -0.05) is 30.3 Å². The molecule has 148 valence electrons. The predicted molar refractivity (Wildman–Crippen MR) is 118 cm³/mol. The summed E-state index contributed by atoms with van der Waals surface area (Å²) in [7, 11) is 0. The smallest absolute Gasteiger partial charge is 0.345 e. The summed E-state index contributed by atoms with van der Waals surface area (Å²) in [4.78, 5) is 18.5. The van der Waals surface area contributed by atoms with Gasteiger partial charge in [0.2, 0.25) is 0 Å². The van der Waals surface area contributed by atoms with Gasteiger partial charge in [0.1, 0.15) is 17.1 Å². The number of hydrogen-bond acceptors (Lipinski definition) is 6. The van der Waals surface area contributed by atoms with Gasteiger partial charge in [-0.2, -0.15) is 0 Å². The monoisotopic (exact) mass is 415 g/mol. The molecule has 5 nitrogen and oxygen atoms in total.